The van der Waals surface area contributed by atoms with Crippen molar-refractivity contribution in [2.75, 3.05) is 33.4 Å². The number of nitrogens with zero attached hydrogens (tertiary/aromatic N) is 1. The van der Waals surface area contributed by atoms with E-state index in [0.717, 1.165) is 5.56 Å². The second-order valence-electron chi connectivity index (χ2n) is 6.00. The van der Waals surface area contributed by atoms with E-state index in [4.69, 9.17) is 14.2 Å². The maximum absolute atomic E-state index is 12.5. The number of hydrogen-bond donors (Lipinski definition) is 0. The van der Waals surface area contributed by atoms with Gasteiger partial charge < -0.3 is 19.1 Å². The van der Waals surface area contributed by atoms with Crippen LogP contribution in [0.1, 0.15) is 17.2 Å². The SMILES string of the molecule is COc1ccccc1OCC(=O)N1CCOC(c2ccccc2C)C1. The first kappa shape index (κ1) is 17.3. The van der Waals surface area contributed by atoms with Crippen molar-refractivity contribution in [3.05, 3.63) is 59.7 Å². The molecule has 1 heterocycles. The Balaban J connectivity index is 1.61. The van der Waals surface area contributed by atoms with Crippen LogP contribution in [0.15, 0.2) is 48.5 Å². The second kappa shape index (κ2) is 8.03. The fraction of sp³-hybridized carbons (Fsp3) is 0.350. The summed E-state index contributed by atoms with van der Waals surface area (Å²) < 4.78 is 16.8. The standard InChI is InChI=1S/C20H23NO4/c1-15-7-3-4-8-16(15)19-13-21(11-12-24-19)20(22)14-25-18-10-6-5-9-17(18)23-2/h3-10,19H,11-14H2,1-2H3. The van der Waals surface area contributed by atoms with Gasteiger partial charge in [0.25, 0.3) is 5.91 Å². The van der Waals surface area contributed by atoms with Crippen LogP contribution in [0.2, 0.25) is 0 Å². The molecule has 1 saturated heterocycles. The van der Waals surface area contributed by atoms with Crippen molar-refractivity contribution in [3.63, 3.8) is 0 Å². The summed E-state index contributed by atoms with van der Waals surface area (Å²) in [4.78, 5) is 14.3. The number of aryl methyl sites for hydroxylation is 1. The maximum atomic E-state index is 12.5. The van der Waals surface area contributed by atoms with Crippen LogP contribution in [0.25, 0.3) is 0 Å². The Hall–Kier alpha value is -2.53. The van der Waals surface area contributed by atoms with Crippen LogP contribution >= 0.6 is 0 Å². The number of rotatable bonds is 5. The monoisotopic (exact) mass is 341 g/mol. The minimum atomic E-state index is -0.0924. The van der Waals surface area contributed by atoms with Gasteiger partial charge in [0.15, 0.2) is 18.1 Å². The molecule has 1 amide bonds. The average molecular weight is 341 g/mol. The van der Waals surface area contributed by atoms with E-state index in [9.17, 15) is 4.79 Å². The summed E-state index contributed by atoms with van der Waals surface area (Å²) in [5, 5.41) is 0. The predicted molar refractivity (Wildman–Crippen MR) is 94.9 cm³/mol. The molecule has 1 fully saturated rings. The smallest absolute Gasteiger partial charge is 0.260 e. The minimum absolute atomic E-state index is 0.0130. The van der Waals surface area contributed by atoms with Gasteiger partial charge in [-0.25, -0.2) is 0 Å². The lowest BCUT2D eigenvalue weighted by molar-refractivity contribution is -0.141. The molecule has 1 atom stereocenters. The van der Waals surface area contributed by atoms with Crippen molar-refractivity contribution in [2.45, 2.75) is 13.0 Å². The third-order valence-electron chi connectivity index (χ3n) is 4.37. The molecule has 25 heavy (non-hydrogen) atoms. The Morgan fingerprint density at radius 2 is 1.88 bits per heavy atom. The van der Waals surface area contributed by atoms with Gasteiger partial charge in [-0.2, -0.15) is 0 Å². The van der Waals surface area contributed by atoms with Crippen LogP contribution < -0.4 is 9.47 Å². The van der Waals surface area contributed by atoms with E-state index in [-0.39, 0.29) is 18.6 Å². The molecule has 1 aliphatic rings. The number of hydrogen-bond acceptors (Lipinski definition) is 4. The number of morpholine rings is 1. The van der Waals surface area contributed by atoms with Gasteiger partial charge in [-0.15, -0.1) is 0 Å². The highest BCUT2D eigenvalue weighted by Gasteiger charge is 2.26. The van der Waals surface area contributed by atoms with Gasteiger partial charge in [0.1, 0.15) is 6.10 Å². The number of benzene rings is 2. The molecular formula is C20H23NO4. The topological polar surface area (TPSA) is 48.0 Å². The number of para-hydroxylation sites is 2. The van der Waals surface area contributed by atoms with Crippen LogP contribution in [-0.2, 0) is 9.53 Å². The molecule has 3 rings (SSSR count). The highest BCUT2D eigenvalue weighted by molar-refractivity contribution is 5.78. The predicted octanol–water partition coefficient (Wildman–Crippen LogP) is 2.98. The van der Waals surface area contributed by atoms with E-state index in [2.05, 4.69) is 19.1 Å². The number of ether oxygens (including phenoxy) is 3. The number of carbonyl (C=O) groups is 1. The van der Waals surface area contributed by atoms with Crippen LogP contribution in [-0.4, -0.2) is 44.2 Å². The molecule has 0 bridgehead atoms. The molecule has 2 aromatic carbocycles. The summed E-state index contributed by atoms with van der Waals surface area (Å²) in [7, 11) is 1.58. The van der Waals surface area contributed by atoms with Gasteiger partial charge in [-0.1, -0.05) is 36.4 Å². The first-order valence-electron chi connectivity index (χ1n) is 8.39. The molecule has 5 nitrogen and oxygen atoms in total. The van der Waals surface area contributed by atoms with Crippen molar-refractivity contribution < 1.29 is 19.0 Å². The highest BCUT2D eigenvalue weighted by Crippen LogP contribution is 2.27. The zero-order chi connectivity index (χ0) is 17.6. The lowest BCUT2D eigenvalue weighted by Gasteiger charge is -2.33. The summed E-state index contributed by atoms with van der Waals surface area (Å²) in [6, 6.07) is 15.4. The Labute approximate surface area is 148 Å². The molecular weight excluding hydrogens is 318 g/mol. The van der Waals surface area contributed by atoms with Crippen molar-refractivity contribution in [3.8, 4) is 11.5 Å². The molecule has 2 aromatic rings. The average Bonchev–Trinajstić information content (AvgIpc) is 2.66. The van der Waals surface area contributed by atoms with Gasteiger partial charge in [0.05, 0.1) is 20.3 Å². The first-order chi connectivity index (χ1) is 12.2. The second-order valence-corrected chi connectivity index (χ2v) is 6.00. The molecule has 0 N–H and O–H groups in total. The van der Waals surface area contributed by atoms with Gasteiger partial charge >= 0.3 is 0 Å². The Bertz CT molecular complexity index is 731. The Morgan fingerprint density at radius 1 is 1.16 bits per heavy atom. The first-order valence-corrected chi connectivity index (χ1v) is 8.39. The van der Waals surface area contributed by atoms with Gasteiger partial charge in [0.2, 0.25) is 0 Å². The minimum Gasteiger partial charge on any atom is -0.493 e. The van der Waals surface area contributed by atoms with Crippen molar-refractivity contribution in [1.82, 2.24) is 4.90 Å². The quantitative estimate of drug-likeness (QED) is 0.839. The lowest BCUT2D eigenvalue weighted by atomic mass is 10.0. The Morgan fingerprint density at radius 3 is 2.64 bits per heavy atom. The Kier molecular flexibility index (Phi) is 5.56. The van der Waals surface area contributed by atoms with Crippen LogP contribution in [0.4, 0.5) is 0 Å². The number of carbonyl (C=O) groups excluding carboxylic acids is 1. The molecule has 1 unspecified atom stereocenters. The molecule has 0 aromatic heterocycles. The summed E-state index contributed by atoms with van der Waals surface area (Å²) >= 11 is 0. The molecule has 132 valence electrons. The summed E-state index contributed by atoms with van der Waals surface area (Å²) in [5.41, 5.74) is 2.30. The van der Waals surface area contributed by atoms with E-state index in [1.807, 2.05) is 30.3 Å². The van der Waals surface area contributed by atoms with Crippen molar-refractivity contribution in [1.29, 1.82) is 0 Å². The van der Waals surface area contributed by atoms with E-state index < -0.39 is 0 Å². The van der Waals surface area contributed by atoms with E-state index >= 15 is 0 Å². The zero-order valence-electron chi connectivity index (χ0n) is 14.6. The third kappa shape index (κ3) is 4.12. The largest absolute Gasteiger partial charge is 0.493 e. The molecule has 0 radical (unpaired) electrons. The number of amides is 1. The van der Waals surface area contributed by atoms with Gasteiger partial charge in [-0.3, -0.25) is 4.79 Å². The third-order valence-corrected chi connectivity index (χ3v) is 4.37. The van der Waals surface area contributed by atoms with Crippen LogP contribution in [0.3, 0.4) is 0 Å². The normalized spacial score (nSPS) is 17.2. The van der Waals surface area contributed by atoms with E-state index in [1.165, 1.54) is 5.56 Å². The molecule has 0 spiro atoms. The molecule has 0 aliphatic carbocycles. The number of methoxy groups -OCH3 is 1. The fourth-order valence-corrected chi connectivity index (χ4v) is 2.98. The summed E-state index contributed by atoms with van der Waals surface area (Å²) in [6.07, 6.45) is -0.0924. The van der Waals surface area contributed by atoms with Crippen LogP contribution in [0, 0.1) is 6.92 Å². The summed E-state index contributed by atoms with van der Waals surface area (Å²) in [6.45, 7) is 3.69. The van der Waals surface area contributed by atoms with Crippen LogP contribution in [0.5, 0.6) is 11.5 Å². The zero-order valence-corrected chi connectivity index (χ0v) is 14.6. The molecule has 1 aliphatic heterocycles. The summed E-state index contributed by atoms with van der Waals surface area (Å²) in [5.74, 6) is 1.14. The van der Waals surface area contributed by atoms with Crippen molar-refractivity contribution in [2.24, 2.45) is 0 Å². The van der Waals surface area contributed by atoms with E-state index in [1.54, 1.807) is 18.1 Å². The molecule has 0 saturated carbocycles. The fourth-order valence-electron chi connectivity index (χ4n) is 2.98. The lowest BCUT2D eigenvalue weighted by Crippen LogP contribution is -2.44. The van der Waals surface area contributed by atoms with Gasteiger partial charge in [-0.05, 0) is 30.2 Å². The van der Waals surface area contributed by atoms with Crippen molar-refractivity contribution >= 4 is 5.91 Å². The van der Waals surface area contributed by atoms with E-state index in [0.29, 0.717) is 31.2 Å². The highest BCUT2D eigenvalue weighted by atomic mass is 16.5. The van der Waals surface area contributed by atoms with Gasteiger partial charge in [0, 0.05) is 6.54 Å². The maximum Gasteiger partial charge on any atom is 0.260 e. The molecule has 5 heteroatoms.